The molecule has 0 unspecified atom stereocenters. The van der Waals surface area contributed by atoms with Gasteiger partial charge in [0.1, 0.15) is 29.1 Å². The number of ether oxygens (including phenoxy) is 2. The van der Waals surface area contributed by atoms with E-state index in [4.69, 9.17) is 15.2 Å². The Morgan fingerprint density at radius 2 is 1.83 bits per heavy atom. The monoisotopic (exact) mass is 392 g/mol. The number of anilines is 1. The number of carbonyl (C=O) groups excluding carboxylic acids is 1. The van der Waals surface area contributed by atoms with Crippen molar-refractivity contribution in [3.05, 3.63) is 39.7 Å². The van der Waals surface area contributed by atoms with Crippen molar-refractivity contribution in [2.24, 2.45) is 5.92 Å². The molecule has 0 amide bonds. The second-order valence-corrected chi connectivity index (χ2v) is 6.84. The number of nitrogens with one attached hydrogen (secondary N) is 1. The molecule has 0 atom stereocenters. The standard InChI is InChI=1S/C21H20N4O4/c1-28-17-9-13(18-14(10-22)19(24)25-20(26)15(18)11-23)7-8-16(17)29-21(27)12-5-3-2-4-6-12/h7-9,12H,2-6H2,1H3,(H3,24,25,26). The van der Waals surface area contributed by atoms with Crippen LogP contribution in [0.2, 0.25) is 0 Å². The summed E-state index contributed by atoms with van der Waals surface area (Å²) < 4.78 is 10.9. The van der Waals surface area contributed by atoms with Crippen LogP contribution in [0.25, 0.3) is 11.1 Å². The average Bonchev–Trinajstić information content (AvgIpc) is 2.74. The van der Waals surface area contributed by atoms with E-state index in [0.29, 0.717) is 5.56 Å². The molecule has 1 aliphatic carbocycles. The number of esters is 1. The predicted molar refractivity (Wildman–Crippen MR) is 105 cm³/mol. The van der Waals surface area contributed by atoms with Crippen LogP contribution in [0.4, 0.5) is 5.82 Å². The van der Waals surface area contributed by atoms with Crippen LogP contribution in [-0.2, 0) is 4.79 Å². The van der Waals surface area contributed by atoms with Crippen molar-refractivity contribution >= 4 is 11.8 Å². The van der Waals surface area contributed by atoms with Crippen molar-refractivity contribution in [3.63, 3.8) is 0 Å². The molecule has 1 heterocycles. The summed E-state index contributed by atoms with van der Waals surface area (Å²) in [5.74, 6) is -0.0687. The Morgan fingerprint density at radius 1 is 1.14 bits per heavy atom. The first-order valence-electron chi connectivity index (χ1n) is 9.26. The molecule has 8 heteroatoms. The number of nitrogens with zero attached hydrogens (tertiary/aromatic N) is 2. The molecule has 0 radical (unpaired) electrons. The number of rotatable bonds is 4. The fourth-order valence-electron chi connectivity index (χ4n) is 3.57. The van der Waals surface area contributed by atoms with Gasteiger partial charge in [-0.1, -0.05) is 25.3 Å². The SMILES string of the molecule is COc1cc(-c2c(C#N)c(N)[nH]c(=O)c2C#N)ccc1OC(=O)C1CCCCC1. The molecule has 148 valence electrons. The van der Waals surface area contributed by atoms with Crippen molar-refractivity contribution in [1.29, 1.82) is 10.5 Å². The first-order valence-corrected chi connectivity index (χ1v) is 9.26. The molecule has 0 bridgehead atoms. The van der Waals surface area contributed by atoms with E-state index < -0.39 is 5.56 Å². The fourth-order valence-corrected chi connectivity index (χ4v) is 3.57. The van der Waals surface area contributed by atoms with Gasteiger partial charge in [-0.15, -0.1) is 0 Å². The lowest BCUT2D eigenvalue weighted by Gasteiger charge is -2.20. The molecule has 3 rings (SSSR count). The maximum atomic E-state index is 12.5. The van der Waals surface area contributed by atoms with E-state index in [-0.39, 0.29) is 45.9 Å². The zero-order valence-corrected chi connectivity index (χ0v) is 15.9. The Kier molecular flexibility index (Phi) is 5.85. The van der Waals surface area contributed by atoms with Gasteiger partial charge in [-0.3, -0.25) is 9.59 Å². The van der Waals surface area contributed by atoms with E-state index >= 15 is 0 Å². The topological polar surface area (TPSA) is 142 Å². The van der Waals surface area contributed by atoms with Crippen LogP contribution in [0.5, 0.6) is 11.5 Å². The van der Waals surface area contributed by atoms with Gasteiger partial charge in [-0.25, -0.2) is 0 Å². The Bertz CT molecular complexity index is 1090. The summed E-state index contributed by atoms with van der Waals surface area (Å²) in [7, 11) is 1.42. The third kappa shape index (κ3) is 3.92. The summed E-state index contributed by atoms with van der Waals surface area (Å²) >= 11 is 0. The number of H-pyrrole nitrogens is 1. The van der Waals surface area contributed by atoms with Crippen molar-refractivity contribution in [1.82, 2.24) is 4.98 Å². The minimum absolute atomic E-state index is 0.0184. The zero-order valence-electron chi connectivity index (χ0n) is 15.9. The zero-order chi connectivity index (χ0) is 21.0. The van der Waals surface area contributed by atoms with E-state index in [2.05, 4.69) is 4.98 Å². The molecule has 0 saturated heterocycles. The molecule has 0 aliphatic heterocycles. The number of hydrogen-bond donors (Lipinski definition) is 2. The van der Waals surface area contributed by atoms with Crippen LogP contribution in [-0.4, -0.2) is 18.1 Å². The number of aromatic nitrogens is 1. The van der Waals surface area contributed by atoms with Crippen molar-refractivity contribution in [2.45, 2.75) is 32.1 Å². The number of hydrogen-bond acceptors (Lipinski definition) is 7. The van der Waals surface area contributed by atoms with Gasteiger partial charge in [-0.05, 0) is 30.5 Å². The van der Waals surface area contributed by atoms with Gasteiger partial charge in [0.05, 0.1) is 13.0 Å². The largest absolute Gasteiger partial charge is 0.493 e. The van der Waals surface area contributed by atoms with Crippen LogP contribution < -0.4 is 20.8 Å². The first kappa shape index (κ1) is 20.0. The average molecular weight is 392 g/mol. The summed E-state index contributed by atoms with van der Waals surface area (Å²) in [5.41, 5.74) is 5.31. The van der Waals surface area contributed by atoms with Crippen molar-refractivity contribution < 1.29 is 14.3 Å². The molecule has 0 spiro atoms. The normalized spacial score (nSPS) is 13.9. The molecule has 29 heavy (non-hydrogen) atoms. The lowest BCUT2D eigenvalue weighted by atomic mass is 9.89. The van der Waals surface area contributed by atoms with Crippen molar-refractivity contribution in [3.8, 4) is 34.8 Å². The number of nitrogen functional groups attached to an aromatic ring is 1. The maximum absolute atomic E-state index is 12.5. The maximum Gasteiger partial charge on any atom is 0.314 e. The van der Waals surface area contributed by atoms with Gasteiger partial charge >= 0.3 is 5.97 Å². The summed E-state index contributed by atoms with van der Waals surface area (Å²) in [6, 6.07) is 8.33. The predicted octanol–water partition coefficient (Wildman–Crippen LogP) is 2.86. The number of benzene rings is 1. The third-order valence-corrected chi connectivity index (χ3v) is 5.07. The van der Waals surface area contributed by atoms with Crippen LogP contribution in [0, 0.1) is 28.6 Å². The molecule has 3 N–H and O–H groups in total. The smallest absolute Gasteiger partial charge is 0.314 e. The van der Waals surface area contributed by atoms with E-state index in [1.54, 1.807) is 6.07 Å². The quantitative estimate of drug-likeness (QED) is 0.601. The Labute approximate surface area is 167 Å². The highest BCUT2D eigenvalue weighted by Crippen LogP contribution is 2.36. The van der Waals surface area contributed by atoms with E-state index in [1.807, 2.05) is 12.1 Å². The molecule has 2 aromatic rings. The van der Waals surface area contributed by atoms with Gasteiger partial charge in [-0.2, -0.15) is 10.5 Å². The molecular formula is C21H20N4O4. The second-order valence-electron chi connectivity index (χ2n) is 6.84. The van der Waals surface area contributed by atoms with E-state index in [0.717, 1.165) is 32.1 Å². The molecule has 8 nitrogen and oxygen atoms in total. The number of pyridine rings is 1. The second kappa shape index (κ2) is 8.49. The lowest BCUT2D eigenvalue weighted by molar-refractivity contribution is -0.140. The van der Waals surface area contributed by atoms with Gasteiger partial charge < -0.3 is 20.2 Å². The van der Waals surface area contributed by atoms with Gasteiger partial charge in [0.25, 0.3) is 5.56 Å². The fraction of sp³-hybridized carbons (Fsp3) is 0.333. The highest BCUT2D eigenvalue weighted by molar-refractivity contribution is 5.82. The number of nitrogens with two attached hydrogens (primary N) is 1. The molecule has 1 aliphatic rings. The number of aromatic amines is 1. The van der Waals surface area contributed by atoms with Gasteiger partial charge in [0.15, 0.2) is 11.5 Å². The lowest BCUT2D eigenvalue weighted by Crippen LogP contribution is -2.23. The van der Waals surface area contributed by atoms with Crippen LogP contribution in [0.1, 0.15) is 43.2 Å². The van der Waals surface area contributed by atoms with Gasteiger partial charge in [0, 0.05) is 5.56 Å². The Morgan fingerprint density at radius 3 is 2.45 bits per heavy atom. The summed E-state index contributed by atoms with van der Waals surface area (Å²) in [5, 5.41) is 18.8. The molecule has 1 aromatic heterocycles. The van der Waals surface area contributed by atoms with Gasteiger partial charge in [0.2, 0.25) is 0 Å². The Balaban J connectivity index is 2.02. The number of nitriles is 2. The Hall–Kier alpha value is -3.78. The molecule has 1 fully saturated rings. The molecule has 1 aromatic carbocycles. The van der Waals surface area contributed by atoms with E-state index in [9.17, 15) is 20.1 Å². The minimum Gasteiger partial charge on any atom is -0.493 e. The summed E-state index contributed by atoms with van der Waals surface area (Å²) in [6.45, 7) is 0. The third-order valence-electron chi connectivity index (χ3n) is 5.07. The highest BCUT2D eigenvalue weighted by atomic mass is 16.6. The number of methoxy groups -OCH3 is 1. The molecular weight excluding hydrogens is 372 g/mol. The highest BCUT2D eigenvalue weighted by Gasteiger charge is 2.25. The van der Waals surface area contributed by atoms with Crippen LogP contribution in [0.3, 0.4) is 0 Å². The number of carbonyl (C=O) groups is 1. The van der Waals surface area contributed by atoms with Crippen molar-refractivity contribution in [2.75, 3.05) is 12.8 Å². The summed E-state index contributed by atoms with van der Waals surface area (Å²) in [6.07, 6.45) is 4.76. The summed E-state index contributed by atoms with van der Waals surface area (Å²) in [4.78, 5) is 26.9. The van der Waals surface area contributed by atoms with Crippen LogP contribution >= 0.6 is 0 Å². The van der Waals surface area contributed by atoms with Crippen LogP contribution in [0.15, 0.2) is 23.0 Å². The molecule has 1 saturated carbocycles. The first-order chi connectivity index (χ1) is 14.0. The minimum atomic E-state index is -0.689. The van der Waals surface area contributed by atoms with E-state index in [1.165, 1.54) is 19.2 Å².